The minimum Gasteiger partial charge on any atom is -0.484 e. The molecule has 2 atom stereocenters. The fraction of sp³-hybridized carbons (Fsp3) is 0.636. The van der Waals surface area contributed by atoms with Crippen molar-refractivity contribution >= 4 is 15.6 Å². The van der Waals surface area contributed by atoms with Gasteiger partial charge in [-0.25, -0.2) is 9.13 Å². The van der Waals surface area contributed by atoms with Crippen LogP contribution in [0.15, 0.2) is 36.4 Å². The second-order valence-corrected chi connectivity index (χ2v) is 18.8. The molecule has 0 aliphatic heterocycles. The van der Waals surface area contributed by atoms with Crippen molar-refractivity contribution < 1.29 is 47.6 Å². The van der Waals surface area contributed by atoms with Gasteiger partial charge in [-0.1, -0.05) is 119 Å². The molecule has 2 unspecified atom stereocenters. The predicted molar refractivity (Wildman–Crippen MR) is 177 cm³/mol. The van der Waals surface area contributed by atoms with Gasteiger partial charge in [-0.05, 0) is 43.9 Å². The first-order valence-corrected chi connectivity index (χ1v) is 18.0. The van der Waals surface area contributed by atoms with Crippen LogP contribution < -0.4 is 4.74 Å². The van der Waals surface area contributed by atoms with Crippen LogP contribution in [-0.4, -0.2) is 44.7 Å². The molecule has 0 aliphatic carbocycles. The van der Waals surface area contributed by atoms with Crippen LogP contribution in [-0.2, 0) is 39.6 Å². The molecule has 0 amide bonds. The third-order valence-corrected chi connectivity index (χ3v) is 9.89. The van der Waals surface area contributed by atoms with Gasteiger partial charge in [0.2, 0.25) is 0 Å². The molecule has 0 saturated carbocycles. The van der Waals surface area contributed by atoms with Crippen molar-refractivity contribution in [3.05, 3.63) is 64.2 Å². The van der Waals surface area contributed by atoms with E-state index in [0.29, 0.717) is 11.3 Å². The molecule has 0 saturated heterocycles. The second-order valence-electron chi connectivity index (χ2n) is 15.9. The van der Waals surface area contributed by atoms with Crippen molar-refractivity contribution in [2.75, 3.05) is 19.8 Å². The monoisotopic (exact) mass is 672 g/mol. The van der Waals surface area contributed by atoms with Gasteiger partial charge in [0.15, 0.2) is 0 Å². The van der Waals surface area contributed by atoms with Crippen molar-refractivity contribution in [1.82, 2.24) is 0 Å². The summed E-state index contributed by atoms with van der Waals surface area (Å²) in [7, 11) is -10.8. The quantitative estimate of drug-likeness (QED) is 0.154. The third-order valence-electron chi connectivity index (χ3n) is 7.76. The van der Waals surface area contributed by atoms with Crippen LogP contribution in [0.25, 0.3) is 0 Å². The van der Waals surface area contributed by atoms with Gasteiger partial charge in [0, 0.05) is 5.56 Å². The summed E-state index contributed by atoms with van der Waals surface area (Å²) in [4.78, 5) is 28.6. The summed E-state index contributed by atoms with van der Waals surface area (Å²) in [6.07, 6.45) is -1.18. The minimum absolute atomic E-state index is 0.396. The van der Waals surface area contributed by atoms with Gasteiger partial charge in [0.1, 0.15) is 11.9 Å². The number of aliphatic hydroxyl groups excluding tert-OH is 2. The molecule has 0 bridgehead atoms. The van der Waals surface area contributed by atoms with Crippen molar-refractivity contribution in [3.63, 3.8) is 0 Å². The van der Waals surface area contributed by atoms with E-state index in [-0.39, 0.29) is 0 Å². The van der Waals surface area contributed by atoms with Crippen LogP contribution in [0, 0.1) is 5.41 Å². The zero-order chi connectivity index (χ0) is 35.0. The summed E-state index contributed by atoms with van der Waals surface area (Å²) >= 11 is 0. The Labute approximate surface area is 269 Å². The Morgan fingerprint density at radius 2 is 1.00 bits per heavy atom. The van der Waals surface area contributed by atoms with E-state index in [9.17, 15) is 34.0 Å². The smallest absolute Gasteiger partial charge is 0.481 e. The van der Waals surface area contributed by atoms with E-state index >= 15 is 0 Å². The summed E-state index contributed by atoms with van der Waals surface area (Å²) in [5.74, 6) is 0.538. The van der Waals surface area contributed by atoms with E-state index in [0.717, 1.165) is 22.3 Å². The Morgan fingerprint density at radius 1 is 0.644 bits per heavy atom. The molecule has 0 aromatic heterocycles. The number of hydrogen-bond acceptors (Lipinski definition) is 7. The Morgan fingerprint density at radius 3 is 1.31 bits per heavy atom. The highest BCUT2D eigenvalue weighted by molar-refractivity contribution is 7.60. The molecule has 5 N–H and O–H groups in total. The van der Waals surface area contributed by atoms with Crippen molar-refractivity contribution in [1.29, 1.82) is 0 Å². The van der Waals surface area contributed by atoms with Gasteiger partial charge in [-0.3, -0.25) is 4.52 Å². The normalized spacial score (nSPS) is 15.9. The lowest BCUT2D eigenvalue weighted by Gasteiger charge is -2.44. The highest BCUT2D eigenvalue weighted by Gasteiger charge is 2.48. The van der Waals surface area contributed by atoms with Crippen molar-refractivity contribution in [2.24, 2.45) is 5.41 Å². The summed E-state index contributed by atoms with van der Waals surface area (Å²) in [5.41, 5.74) is 0.604. The highest BCUT2D eigenvalue weighted by atomic mass is 31.3. The summed E-state index contributed by atoms with van der Waals surface area (Å²) in [6.45, 7) is 22.1. The van der Waals surface area contributed by atoms with E-state index in [1.165, 1.54) is 0 Å². The minimum atomic E-state index is -5.43. The van der Waals surface area contributed by atoms with Crippen LogP contribution in [0.5, 0.6) is 5.75 Å². The maximum atomic E-state index is 12.7. The van der Waals surface area contributed by atoms with Crippen LogP contribution in [0.2, 0.25) is 0 Å². The SMILES string of the molecule is CC(C)(C)c1cccc(C(C)(C)C)c1OC(c1c(C(C)(C)C)cccc1C(C)(C)C)C(CO)(CO)COP(=O)(O)OP(=O)(O)O. The Kier molecular flexibility index (Phi) is 11.9. The average molecular weight is 673 g/mol. The standard InChI is InChI=1S/C33H54O10P2/c1-29(2,3)22-15-13-16-23(30(4,5)6)26(22)28(33(19-34,20-35)21-41-45(39,40)43-44(36,37)38)42-27-24(31(7,8)9)17-14-18-25(27)32(10,11)12/h13-18,28,34-35H,19-21H2,1-12H3,(H,39,40)(H2,36,37,38). The summed E-state index contributed by atoms with van der Waals surface area (Å²) in [6, 6.07) is 11.7. The van der Waals surface area contributed by atoms with E-state index < -0.39 is 68.6 Å². The number of phosphoric acid groups is 2. The molecule has 45 heavy (non-hydrogen) atoms. The number of ether oxygens (including phenoxy) is 1. The lowest BCUT2D eigenvalue weighted by molar-refractivity contribution is -0.0741. The van der Waals surface area contributed by atoms with E-state index in [1.807, 2.05) is 77.9 Å². The molecule has 0 heterocycles. The fourth-order valence-electron chi connectivity index (χ4n) is 5.36. The topological polar surface area (TPSA) is 163 Å². The molecule has 0 aliphatic rings. The van der Waals surface area contributed by atoms with Crippen LogP contribution in [0.4, 0.5) is 0 Å². The molecule has 256 valence electrons. The lowest BCUT2D eigenvalue weighted by Crippen LogP contribution is -2.45. The second kappa shape index (κ2) is 13.5. The Hall–Kier alpha value is -1.58. The molecule has 10 nitrogen and oxygen atoms in total. The first-order chi connectivity index (χ1) is 20.1. The zero-order valence-electron chi connectivity index (χ0n) is 28.8. The number of para-hydroxylation sites is 1. The molecule has 0 fully saturated rings. The summed E-state index contributed by atoms with van der Waals surface area (Å²) < 4.78 is 40.4. The number of aliphatic hydroxyl groups is 2. The zero-order valence-corrected chi connectivity index (χ0v) is 30.6. The third kappa shape index (κ3) is 9.96. The summed E-state index contributed by atoms with van der Waals surface area (Å²) in [5, 5.41) is 22.2. The maximum absolute atomic E-state index is 12.7. The van der Waals surface area contributed by atoms with Gasteiger partial charge >= 0.3 is 15.6 Å². The van der Waals surface area contributed by atoms with Crippen LogP contribution in [0.3, 0.4) is 0 Å². The maximum Gasteiger partial charge on any atom is 0.481 e. The van der Waals surface area contributed by atoms with Crippen LogP contribution >= 0.6 is 15.6 Å². The fourth-order valence-corrected chi connectivity index (χ4v) is 7.04. The van der Waals surface area contributed by atoms with Gasteiger partial charge in [0.25, 0.3) is 0 Å². The lowest BCUT2D eigenvalue weighted by atomic mass is 9.69. The molecular weight excluding hydrogens is 618 g/mol. The number of rotatable bonds is 11. The largest absolute Gasteiger partial charge is 0.484 e. The van der Waals surface area contributed by atoms with E-state index in [4.69, 9.17) is 9.26 Å². The molecule has 0 radical (unpaired) electrons. The van der Waals surface area contributed by atoms with Crippen molar-refractivity contribution in [3.8, 4) is 5.75 Å². The average Bonchev–Trinajstić information content (AvgIpc) is 2.84. The van der Waals surface area contributed by atoms with E-state index in [1.54, 1.807) is 0 Å². The van der Waals surface area contributed by atoms with Crippen molar-refractivity contribution in [2.45, 2.75) is 111 Å². The van der Waals surface area contributed by atoms with Gasteiger partial charge in [-0.15, -0.1) is 0 Å². The number of benzene rings is 2. The highest BCUT2D eigenvalue weighted by Crippen LogP contribution is 2.59. The van der Waals surface area contributed by atoms with E-state index in [2.05, 4.69) is 45.9 Å². The molecule has 2 aromatic carbocycles. The Bertz CT molecular complexity index is 1350. The van der Waals surface area contributed by atoms with Gasteiger partial charge < -0.3 is 29.6 Å². The molecule has 2 aromatic rings. The van der Waals surface area contributed by atoms with Crippen LogP contribution in [0.1, 0.15) is 117 Å². The predicted octanol–water partition coefficient (Wildman–Crippen LogP) is 7.19. The molecular formula is C33H54O10P2. The first-order valence-electron chi connectivity index (χ1n) is 15.0. The Balaban J connectivity index is 3.12. The molecule has 12 heteroatoms. The van der Waals surface area contributed by atoms with Gasteiger partial charge in [-0.2, -0.15) is 4.31 Å². The van der Waals surface area contributed by atoms with Gasteiger partial charge in [0.05, 0.1) is 25.2 Å². The first kappa shape index (κ1) is 39.6. The number of hydrogen-bond donors (Lipinski definition) is 5. The number of phosphoric ester groups is 1. The molecule has 2 rings (SSSR count). The molecule has 0 spiro atoms.